The largest absolute Gasteiger partial charge is 0.332 e. The normalized spacial score (nSPS) is 11.1. The van der Waals surface area contributed by atoms with E-state index in [1.54, 1.807) is 4.90 Å². The zero-order valence-corrected chi connectivity index (χ0v) is 12.1. The first-order chi connectivity index (χ1) is 8.30. The summed E-state index contributed by atoms with van der Waals surface area (Å²) in [7, 11) is 0. The Hall–Kier alpha value is -0.990. The van der Waals surface area contributed by atoms with Gasteiger partial charge in [0.2, 0.25) is 0 Å². The zero-order valence-electron chi connectivity index (χ0n) is 10.6. The quantitative estimate of drug-likeness (QED) is 0.596. The summed E-state index contributed by atoms with van der Waals surface area (Å²) in [5.41, 5.74) is 1.92. The lowest BCUT2D eigenvalue weighted by atomic mass is 10.2. The van der Waals surface area contributed by atoms with Crippen LogP contribution in [-0.4, -0.2) is 21.7 Å². The average Bonchev–Trinajstić information content (AvgIpc) is 2.26. The van der Waals surface area contributed by atoms with Crippen LogP contribution in [0.1, 0.15) is 19.4 Å². The van der Waals surface area contributed by atoms with Gasteiger partial charge in [0.25, 0.3) is 5.91 Å². The van der Waals surface area contributed by atoms with E-state index >= 15 is 0 Å². The molecule has 1 amide bonds. The van der Waals surface area contributed by atoms with E-state index in [0.717, 1.165) is 11.1 Å². The molecule has 0 aliphatic carbocycles. The van der Waals surface area contributed by atoms with Crippen molar-refractivity contribution in [1.82, 2.24) is 4.90 Å². The second kappa shape index (κ2) is 6.26. The van der Waals surface area contributed by atoms with E-state index in [0.29, 0.717) is 13.1 Å². The Kier molecular flexibility index (Phi) is 5.24. The maximum atomic E-state index is 12.1. The molecule has 2 nitrogen and oxygen atoms in total. The predicted molar refractivity (Wildman–Crippen MR) is 76.8 cm³/mol. The van der Waals surface area contributed by atoms with Gasteiger partial charge in [-0.25, -0.2) is 0 Å². The van der Waals surface area contributed by atoms with Gasteiger partial charge in [-0.1, -0.05) is 65.7 Å². The summed E-state index contributed by atoms with van der Waals surface area (Å²) in [5, 5.41) is 0. The topological polar surface area (TPSA) is 20.3 Å². The Morgan fingerprint density at radius 1 is 1.33 bits per heavy atom. The number of benzene rings is 1. The van der Waals surface area contributed by atoms with Crippen molar-refractivity contribution >= 4 is 29.1 Å². The van der Waals surface area contributed by atoms with Crippen LogP contribution in [0.2, 0.25) is 0 Å². The SMILES string of the molecule is C=C(C)CN(Cc1ccccc1)C(=O)C(C)(Cl)Cl. The van der Waals surface area contributed by atoms with Gasteiger partial charge in [0.1, 0.15) is 0 Å². The van der Waals surface area contributed by atoms with Crippen LogP contribution in [0.25, 0.3) is 0 Å². The number of halogens is 2. The highest BCUT2D eigenvalue weighted by molar-refractivity contribution is 6.57. The molecule has 0 atom stereocenters. The molecule has 18 heavy (non-hydrogen) atoms. The first-order valence-corrected chi connectivity index (χ1v) is 6.42. The fraction of sp³-hybridized carbons (Fsp3) is 0.357. The Bertz CT molecular complexity index is 423. The number of nitrogens with zero attached hydrogens (tertiary/aromatic N) is 1. The zero-order chi connectivity index (χ0) is 13.8. The minimum absolute atomic E-state index is 0.308. The smallest absolute Gasteiger partial charge is 0.259 e. The van der Waals surface area contributed by atoms with Gasteiger partial charge >= 0.3 is 0 Å². The molecule has 0 spiro atoms. The first-order valence-electron chi connectivity index (χ1n) is 5.66. The number of rotatable bonds is 5. The summed E-state index contributed by atoms with van der Waals surface area (Å²) in [6.45, 7) is 8.09. The lowest BCUT2D eigenvalue weighted by molar-refractivity contribution is -0.131. The van der Waals surface area contributed by atoms with Crippen molar-refractivity contribution < 1.29 is 4.79 Å². The monoisotopic (exact) mass is 285 g/mol. The second-order valence-corrected chi connectivity index (χ2v) is 6.20. The maximum absolute atomic E-state index is 12.1. The third-order valence-electron chi connectivity index (χ3n) is 2.34. The number of hydrogen-bond donors (Lipinski definition) is 0. The molecule has 1 aromatic carbocycles. The summed E-state index contributed by atoms with van der Waals surface area (Å²) in [5.74, 6) is -0.308. The summed E-state index contributed by atoms with van der Waals surface area (Å²) in [6.07, 6.45) is 0. The summed E-state index contributed by atoms with van der Waals surface area (Å²) >= 11 is 11.7. The fourth-order valence-corrected chi connectivity index (χ4v) is 1.85. The van der Waals surface area contributed by atoms with Crippen LogP contribution in [0.4, 0.5) is 0 Å². The van der Waals surface area contributed by atoms with Gasteiger partial charge in [-0.3, -0.25) is 4.79 Å². The molecule has 0 fully saturated rings. The van der Waals surface area contributed by atoms with Crippen LogP contribution < -0.4 is 0 Å². The molecule has 1 rings (SSSR count). The Labute approximate surface area is 118 Å². The molecule has 98 valence electrons. The van der Waals surface area contributed by atoms with Crippen LogP contribution in [-0.2, 0) is 11.3 Å². The van der Waals surface area contributed by atoms with E-state index in [4.69, 9.17) is 23.2 Å². The average molecular weight is 286 g/mol. The summed E-state index contributed by atoms with van der Waals surface area (Å²) < 4.78 is -1.41. The number of carbonyl (C=O) groups excluding carboxylic acids is 1. The highest BCUT2D eigenvalue weighted by atomic mass is 35.5. The molecule has 0 N–H and O–H groups in total. The van der Waals surface area contributed by atoms with Gasteiger partial charge in [-0.15, -0.1) is 0 Å². The number of amides is 1. The Morgan fingerprint density at radius 2 is 1.89 bits per heavy atom. The lowest BCUT2D eigenvalue weighted by Crippen LogP contribution is -2.41. The number of carbonyl (C=O) groups is 1. The molecule has 4 heteroatoms. The van der Waals surface area contributed by atoms with Crippen molar-refractivity contribution in [2.45, 2.75) is 24.7 Å². The van der Waals surface area contributed by atoms with Crippen molar-refractivity contribution in [2.24, 2.45) is 0 Å². The standard InChI is InChI=1S/C14H17Cl2NO/c1-11(2)9-17(13(18)14(3,15)16)10-12-7-5-4-6-8-12/h4-8H,1,9-10H2,2-3H3. The van der Waals surface area contributed by atoms with Crippen LogP contribution >= 0.6 is 23.2 Å². The molecule has 0 radical (unpaired) electrons. The van der Waals surface area contributed by atoms with Crippen molar-refractivity contribution in [2.75, 3.05) is 6.54 Å². The molecule has 0 saturated heterocycles. The lowest BCUT2D eigenvalue weighted by Gasteiger charge is -2.27. The highest BCUT2D eigenvalue weighted by Crippen LogP contribution is 2.24. The third kappa shape index (κ3) is 4.71. The number of alkyl halides is 2. The molecule has 0 aliphatic rings. The van der Waals surface area contributed by atoms with Crippen molar-refractivity contribution in [3.63, 3.8) is 0 Å². The summed E-state index contributed by atoms with van der Waals surface area (Å²) in [6, 6.07) is 9.71. The minimum atomic E-state index is -1.41. The maximum Gasteiger partial charge on any atom is 0.259 e. The Balaban J connectivity index is 2.86. The van der Waals surface area contributed by atoms with Gasteiger partial charge in [-0.2, -0.15) is 0 Å². The molecule has 0 aromatic heterocycles. The molecule has 0 heterocycles. The molecule has 1 aromatic rings. The van der Waals surface area contributed by atoms with Crippen LogP contribution in [0.3, 0.4) is 0 Å². The molecular weight excluding hydrogens is 269 g/mol. The van der Waals surface area contributed by atoms with E-state index in [2.05, 4.69) is 6.58 Å². The van der Waals surface area contributed by atoms with Crippen LogP contribution in [0.5, 0.6) is 0 Å². The van der Waals surface area contributed by atoms with Crippen molar-refractivity contribution in [3.05, 3.63) is 48.0 Å². The number of hydrogen-bond acceptors (Lipinski definition) is 1. The van der Waals surface area contributed by atoms with Gasteiger partial charge in [0.15, 0.2) is 4.33 Å². The van der Waals surface area contributed by atoms with E-state index in [9.17, 15) is 4.79 Å². The van der Waals surface area contributed by atoms with Gasteiger partial charge in [-0.05, 0) is 19.4 Å². The van der Waals surface area contributed by atoms with E-state index in [-0.39, 0.29) is 5.91 Å². The van der Waals surface area contributed by atoms with Crippen molar-refractivity contribution in [3.8, 4) is 0 Å². The van der Waals surface area contributed by atoms with E-state index in [1.807, 2.05) is 37.3 Å². The Morgan fingerprint density at radius 3 is 2.33 bits per heavy atom. The van der Waals surface area contributed by atoms with Gasteiger partial charge < -0.3 is 4.90 Å². The van der Waals surface area contributed by atoms with Gasteiger partial charge in [0, 0.05) is 13.1 Å². The first kappa shape index (κ1) is 15.1. The second-order valence-electron chi connectivity index (χ2n) is 4.49. The molecule has 0 unspecified atom stereocenters. The predicted octanol–water partition coefficient (Wildman–Crippen LogP) is 3.79. The van der Waals surface area contributed by atoms with E-state index < -0.39 is 4.33 Å². The molecule has 0 bridgehead atoms. The minimum Gasteiger partial charge on any atom is -0.332 e. The van der Waals surface area contributed by atoms with Crippen molar-refractivity contribution in [1.29, 1.82) is 0 Å². The highest BCUT2D eigenvalue weighted by Gasteiger charge is 2.32. The van der Waals surface area contributed by atoms with Crippen LogP contribution in [0.15, 0.2) is 42.5 Å². The third-order valence-corrected chi connectivity index (χ3v) is 2.66. The molecule has 0 saturated carbocycles. The molecule has 0 aliphatic heterocycles. The van der Waals surface area contributed by atoms with E-state index in [1.165, 1.54) is 6.92 Å². The molecular formula is C14H17Cl2NO. The summed E-state index contributed by atoms with van der Waals surface area (Å²) in [4.78, 5) is 13.7. The van der Waals surface area contributed by atoms with Gasteiger partial charge in [0.05, 0.1) is 0 Å². The van der Waals surface area contributed by atoms with Crippen LogP contribution in [0, 0.1) is 0 Å². The fourth-order valence-electron chi connectivity index (χ4n) is 1.61.